The Hall–Kier alpha value is -11.7. The zero-order chi connectivity index (χ0) is 82.1. The Bertz CT molecular complexity index is 5620. The molecular weight excluding hydrogens is 1500 g/mol. The molecule has 21 heteroatoms. The zero-order valence-electron chi connectivity index (χ0n) is 70.3. The molecule has 6 fully saturated rings. The number of H-pyrrole nitrogens is 4. The fraction of sp³-hybridized carbons (Fsp3) is 0.360. The highest BCUT2D eigenvalue weighted by molar-refractivity contribution is 5.90. The second kappa shape index (κ2) is 39.6. The van der Waals surface area contributed by atoms with E-state index in [-0.39, 0.29) is 5.91 Å². The highest BCUT2D eigenvalue weighted by Gasteiger charge is 2.26. The molecule has 0 aliphatic carbocycles. The van der Waals surface area contributed by atoms with E-state index in [9.17, 15) is 4.79 Å². The van der Waals surface area contributed by atoms with Crippen LogP contribution < -0.4 is 46.2 Å². The number of hydrogen-bond donors (Lipinski definition) is 9. The van der Waals surface area contributed by atoms with Crippen molar-refractivity contribution in [3.05, 3.63) is 254 Å². The van der Waals surface area contributed by atoms with Crippen molar-refractivity contribution in [1.82, 2.24) is 71.1 Å². The lowest BCUT2D eigenvalue weighted by Crippen LogP contribution is -2.50. The molecule has 21 nitrogen and oxygen atoms in total. The second-order valence-corrected chi connectivity index (χ2v) is 33.6. The number of carbonyl (C=O) groups is 1. The van der Waals surface area contributed by atoms with E-state index in [2.05, 4.69) is 292 Å². The van der Waals surface area contributed by atoms with Gasteiger partial charge in [0, 0.05) is 225 Å². The molecule has 6 aliphatic heterocycles. The van der Waals surface area contributed by atoms with Gasteiger partial charge in [-0.05, 0) is 228 Å². The first-order chi connectivity index (χ1) is 59.5. The number of nitrogens with zero attached hydrogens (tertiary/aromatic N) is 10. The predicted molar refractivity (Wildman–Crippen MR) is 495 cm³/mol. The summed E-state index contributed by atoms with van der Waals surface area (Å²) in [5.74, 6) is 3.17. The molecule has 0 atom stereocenters. The number of aromatic nitrogens is 7. The number of furan rings is 1. The standard InChI is InChI=1S/C25H27N7.C25H31N5O.C25H32N4.C25H27N3O/c1-31-25(28-17-29-31)7-10-27-21-8-11-32(12-9-21)22-4-2-3-19(14-22)24-15-20-13-18(16-26)5-6-23(20)30-24;31-25-18-29(15-11-27-25)14-10-26-21-8-12-30(13-9-21)22-6-3-5-19(16-22)24-17-20-4-1-2-7-23(20)28-24;1-2-9-24-21(6-1)19-25(27-24)20-7-5-8-23(18-20)29-15-10-22(11-16-29)26-12-17-28-13-3-4-14-28;1-18-9-10-23(29-18)17-26-21-11-13-28(14-12-21)22-7-4-6-19(15-22)25-16-20-5-2-3-8-24(20)27-25/h2-6,13-15,17,21,27,30H,7-12H2,1H3;1-7,16-17,21,26,28H,8-15,18H2,(H,27,31);1-2,5-9,18-19,22,26-27H,3-4,10-17H2;2-10,15-16,21,26-27H,11-14,17H2,1H3. The van der Waals surface area contributed by atoms with E-state index in [0.29, 0.717) is 36.3 Å². The maximum atomic E-state index is 11.5. The van der Waals surface area contributed by atoms with Gasteiger partial charge in [0.15, 0.2) is 0 Å². The number of aromatic amines is 4. The Morgan fingerprint density at radius 1 is 0.430 bits per heavy atom. The summed E-state index contributed by atoms with van der Waals surface area (Å²) in [7, 11) is 1.94. The van der Waals surface area contributed by atoms with Crippen molar-refractivity contribution < 1.29 is 9.21 Å². The minimum atomic E-state index is 0.147. The number of nitrogens with one attached hydrogen (secondary N) is 9. The van der Waals surface area contributed by atoms with Crippen molar-refractivity contribution in [2.24, 2.45) is 7.05 Å². The third-order valence-corrected chi connectivity index (χ3v) is 25.4. The van der Waals surface area contributed by atoms with E-state index in [1.54, 1.807) is 6.33 Å². The van der Waals surface area contributed by atoms with Crippen molar-refractivity contribution in [3.8, 4) is 51.1 Å². The molecule has 6 aromatic heterocycles. The van der Waals surface area contributed by atoms with Crippen LogP contribution in [0.25, 0.3) is 88.6 Å². The van der Waals surface area contributed by atoms with Gasteiger partial charge in [0.2, 0.25) is 5.91 Å². The summed E-state index contributed by atoms with van der Waals surface area (Å²) in [5, 5.41) is 35.8. The lowest BCUT2D eigenvalue weighted by Gasteiger charge is -2.35. The van der Waals surface area contributed by atoms with Gasteiger partial charge in [-0.15, -0.1) is 0 Å². The number of likely N-dealkylation sites (tertiary alicyclic amines) is 1. The Labute approximate surface area is 711 Å². The molecule has 0 saturated carbocycles. The molecule has 1 amide bonds. The van der Waals surface area contributed by atoms with Crippen molar-refractivity contribution in [1.29, 1.82) is 5.26 Å². The number of anilines is 4. The number of rotatable bonds is 23. The molecule has 6 saturated heterocycles. The number of aryl methyl sites for hydroxylation is 2. The molecular formula is C100H117N19O2. The molecule has 8 aromatic carbocycles. The average Bonchev–Trinajstić information content (AvgIpc) is 1.66. The number of hydrogen-bond acceptors (Lipinski definition) is 15. The summed E-state index contributed by atoms with van der Waals surface area (Å²) in [5.41, 5.74) is 20.1. The van der Waals surface area contributed by atoms with Crippen molar-refractivity contribution in [2.75, 3.05) is 137 Å². The normalized spacial score (nSPS) is 16.8. The number of piperidine rings is 4. The molecule has 6 aliphatic rings. The first-order valence-corrected chi connectivity index (χ1v) is 44.2. The molecule has 12 heterocycles. The first-order valence-electron chi connectivity index (χ1n) is 44.2. The third kappa shape index (κ3) is 21.4. The SMILES string of the molecule is Cc1ccc(CNC2CCN(c3cccc(-c4cc5ccccc5[nH]4)c3)CC2)o1.Cn1ncnc1CCNC1CCN(c2cccc(-c3cc4cc(C#N)ccc4[nH]3)c2)CC1.O=C1CN(CCNC2CCN(c3cccc(-c4cc5ccccc5[nH]4)c3)CC2)CCN1.c1cc(-c2cc3ccccc3[nH]2)cc(N2CCC(NCCN3CCCC3)CC2)c1. The number of piperazine rings is 1. The predicted octanol–water partition coefficient (Wildman–Crippen LogP) is 16.4. The molecule has 14 aromatic rings. The monoisotopic (exact) mass is 1620 g/mol. The van der Waals surface area contributed by atoms with Crippen molar-refractivity contribution in [2.45, 2.75) is 108 Å². The summed E-state index contributed by atoms with van der Waals surface area (Å²) < 4.78 is 7.51. The van der Waals surface area contributed by atoms with E-state index in [1.165, 1.54) is 140 Å². The summed E-state index contributed by atoms with van der Waals surface area (Å²) in [4.78, 5) is 44.8. The van der Waals surface area contributed by atoms with Gasteiger partial charge in [0.05, 0.1) is 24.7 Å². The van der Waals surface area contributed by atoms with Crippen LogP contribution in [0.4, 0.5) is 22.7 Å². The molecule has 9 N–H and O–H groups in total. The highest BCUT2D eigenvalue weighted by Crippen LogP contribution is 2.35. The maximum absolute atomic E-state index is 11.5. The quantitative estimate of drug-likeness (QED) is 0.0290. The van der Waals surface area contributed by atoms with Crippen molar-refractivity contribution in [3.63, 3.8) is 0 Å². The van der Waals surface area contributed by atoms with Crippen LogP contribution in [0, 0.1) is 18.3 Å². The van der Waals surface area contributed by atoms with Crippen LogP contribution in [0.1, 0.15) is 87.1 Å². The third-order valence-electron chi connectivity index (χ3n) is 25.4. The second-order valence-electron chi connectivity index (χ2n) is 33.6. The van der Waals surface area contributed by atoms with Gasteiger partial charge in [-0.2, -0.15) is 10.4 Å². The van der Waals surface area contributed by atoms with E-state index in [0.717, 1.165) is 177 Å². The fourth-order valence-corrected chi connectivity index (χ4v) is 18.4. The van der Waals surface area contributed by atoms with Crippen LogP contribution in [0.5, 0.6) is 0 Å². The topological polar surface area (TPSA) is 227 Å². The number of amides is 1. The molecule has 121 heavy (non-hydrogen) atoms. The smallest absolute Gasteiger partial charge is 0.234 e. The van der Waals surface area contributed by atoms with E-state index >= 15 is 0 Å². The number of carbonyl (C=O) groups excluding carboxylic acids is 1. The van der Waals surface area contributed by atoms with Gasteiger partial charge in [-0.25, -0.2) is 4.98 Å². The lowest BCUT2D eigenvalue weighted by atomic mass is 10.0. The summed E-state index contributed by atoms with van der Waals surface area (Å²) in [6.45, 7) is 21.5. The van der Waals surface area contributed by atoms with Gasteiger partial charge in [-0.1, -0.05) is 103 Å². The van der Waals surface area contributed by atoms with E-state index < -0.39 is 0 Å². The Balaban J connectivity index is 0.000000115. The minimum absolute atomic E-state index is 0.147. The largest absolute Gasteiger partial charge is 0.465 e. The first kappa shape index (κ1) is 81.6. The summed E-state index contributed by atoms with van der Waals surface area (Å²) in [6, 6.07) is 84.1. The molecule has 0 unspecified atom stereocenters. The fourth-order valence-electron chi connectivity index (χ4n) is 18.4. The van der Waals surface area contributed by atoms with Crippen molar-refractivity contribution >= 4 is 72.3 Å². The van der Waals surface area contributed by atoms with Crippen LogP contribution in [0.3, 0.4) is 0 Å². The van der Waals surface area contributed by atoms with Gasteiger partial charge < -0.3 is 75.4 Å². The molecule has 0 bridgehead atoms. The molecule has 624 valence electrons. The molecule has 0 radical (unpaired) electrons. The van der Waals surface area contributed by atoms with Crippen LogP contribution in [0.15, 0.2) is 235 Å². The van der Waals surface area contributed by atoms with Gasteiger partial charge in [0.1, 0.15) is 23.7 Å². The number of benzene rings is 8. The van der Waals surface area contributed by atoms with Gasteiger partial charge in [-0.3, -0.25) is 14.4 Å². The number of para-hydroxylation sites is 3. The van der Waals surface area contributed by atoms with Crippen LogP contribution in [0.2, 0.25) is 0 Å². The Kier molecular flexibility index (Phi) is 26.7. The average molecular weight is 1620 g/mol. The van der Waals surface area contributed by atoms with Crippen LogP contribution in [-0.4, -0.2) is 192 Å². The zero-order valence-corrected chi connectivity index (χ0v) is 70.3. The van der Waals surface area contributed by atoms with Gasteiger partial charge in [0.25, 0.3) is 0 Å². The lowest BCUT2D eigenvalue weighted by molar-refractivity contribution is -0.124. The number of fused-ring (bicyclic) bond motifs is 4. The summed E-state index contributed by atoms with van der Waals surface area (Å²) >= 11 is 0. The van der Waals surface area contributed by atoms with E-state index in [1.807, 2.05) is 42.9 Å². The Morgan fingerprint density at radius 2 is 0.843 bits per heavy atom. The van der Waals surface area contributed by atoms with Crippen LogP contribution >= 0.6 is 0 Å². The van der Waals surface area contributed by atoms with Crippen LogP contribution in [-0.2, 0) is 24.8 Å². The molecule has 20 rings (SSSR count). The highest BCUT2D eigenvalue weighted by atomic mass is 16.3. The number of nitriles is 1. The maximum Gasteiger partial charge on any atom is 0.234 e. The van der Waals surface area contributed by atoms with Gasteiger partial charge >= 0.3 is 0 Å². The minimum Gasteiger partial charge on any atom is -0.465 e. The Morgan fingerprint density at radius 3 is 1.25 bits per heavy atom. The van der Waals surface area contributed by atoms with E-state index in [4.69, 9.17) is 9.68 Å². The molecule has 0 spiro atoms. The summed E-state index contributed by atoms with van der Waals surface area (Å²) in [6.07, 6.45) is 14.6.